The Labute approximate surface area is 208 Å². The summed E-state index contributed by atoms with van der Waals surface area (Å²) in [6.45, 7) is 6.04. The number of nitrogens with zero attached hydrogens (tertiary/aromatic N) is 1. The summed E-state index contributed by atoms with van der Waals surface area (Å²) in [4.78, 5) is 42.4. The lowest BCUT2D eigenvalue weighted by atomic mass is 9.93. The molecule has 35 heavy (non-hydrogen) atoms. The molecule has 0 saturated carbocycles. The Morgan fingerprint density at radius 3 is 2.46 bits per heavy atom. The molecule has 10 nitrogen and oxygen atoms in total. The van der Waals surface area contributed by atoms with Gasteiger partial charge >= 0.3 is 5.97 Å². The predicted molar refractivity (Wildman–Crippen MR) is 132 cm³/mol. The molecule has 0 aliphatic rings. The number of carbonyl (C=O) groups excluding carboxylic acids is 3. The topological polar surface area (TPSA) is 137 Å². The second-order valence-corrected chi connectivity index (χ2v) is 9.52. The number of hydrogen-bond donors (Lipinski definition) is 2. The van der Waals surface area contributed by atoms with Crippen molar-refractivity contribution in [2.24, 2.45) is 5.41 Å². The highest BCUT2D eigenvalue weighted by Gasteiger charge is 2.33. The van der Waals surface area contributed by atoms with Crippen molar-refractivity contribution < 1.29 is 33.9 Å². The second-order valence-electron chi connectivity index (χ2n) is 8.50. The summed E-state index contributed by atoms with van der Waals surface area (Å²) in [5.74, 6) is -1.04. The summed E-state index contributed by atoms with van der Waals surface area (Å²) >= 11 is 0.920. The largest absolute Gasteiger partial charge is 0.738 e. The number of amides is 1. The van der Waals surface area contributed by atoms with Gasteiger partial charge in [0.2, 0.25) is 5.91 Å². The number of rotatable bonds is 12. The number of thioether (sulfide) groups is 1. The van der Waals surface area contributed by atoms with Crippen molar-refractivity contribution >= 4 is 39.5 Å². The fraction of sp³-hybridized carbons (Fsp3) is 0.458. The van der Waals surface area contributed by atoms with Crippen molar-refractivity contribution in [1.82, 2.24) is 10.7 Å². The maximum Gasteiger partial charge on any atom is 0.329 e. The van der Waals surface area contributed by atoms with E-state index in [0.29, 0.717) is 0 Å². The molecule has 1 amide bonds. The number of nitrogens with one attached hydrogen (secondary N) is 1. The Hall–Kier alpha value is -2.70. The highest BCUT2D eigenvalue weighted by atomic mass is 32.2. The predicted octanol–water partition coefficient (Wildman–Crippen LogP) is 3.41. The highest BCUT2D eigenvalue weighted by Crippen LogP contribution is 2.28. The summed E-state index contributed by atoms with van der Waals surface area (Å²) in [7, 11) is 1.60. The molecular formula is C24H31N2O8S-. The van der Waals surface area contributed by atoms with E-state index >= 15 is 0 Å². The molecule has 2 unspecified atom stereocenters. The van der Waals surface area contributed by atoms with Gasteiger partial charge in [0.25, 0.3) is 0 Å². The zero-order valence-electron chi connectivity index (χ0n) is 20.4. The van der Waals surface area contributed by atoms with E-state index in [-0.39, 0.29) is 17.5 Å². The Kier molecular flexibility index (Phi) is 10.5. The summed E-state index contributed by atoms with van der Waals surface area (Å²) in [5, 5.41) is 22.8. The number of esters is 1. The summed E-state index contributed by atoms with van der Waals surface area (Å²) in [6, 6.07) is 10.3. The van der Waals surface area contributed by atoms with Gasteiger partial charge in [-0.1, -0.05) is 43.0 Å². The molecule has 0 aliphatic heterocycles. The number of carbonyl (C=O) groups is 3. The lowest BCUT2D eigenvalue weighted by molar-refractivity contribution is -0.313. The van der Waals surface area contributed by atoms with Crippen LogP contribution in [0.15, 0.2) is 36.4 Å². The van der Waals surface area contributed by atoms with Gasteiger partial charge in [0, 0.05) is 5.75 Å². The quantitative estimate of drug-likeness (QED) is 0.325. The van der Waals surface area contributed by atoms with E-state index in [1.165, 1.54) is 13.8 Å². The summed E-state index contributed by atoms with van der Waals surface area (Å²) in [5.41, 5.74) is -0.423. The van der Waals surface area contributed by atoms with Crippen LogP contribution >= 0.6 is 11.8 Å². The van der Waals surface area contributed by atoms with Crippen LogP contribution in [0.3, 0.4) is 0 Å². The van der Waals surface area contributed by atoms with Gasteiger partial charge in [-0.15, -0.1) is 5.39 Å². The zero-order chi connectivity index (χ0) is 26.2. The van der Waals surface area contributed by atoms with Gasteiger partial charge in [-0.05, 0) is 49.2 Å². The maximum absolute atomic E-state index is 12.9. The minimum Gasteiger partial charge on any atom is -0.738 e. The van der Waals surface area contributed by atoms with Crippen LogP contribution in [0, 0.1) is 10.6 Å². The maximum atomic E-state index is 12.9. The average molecular weight is 508 g/mol. The molecule has 2 aromatic carbocycles. The number of hydrogen-bond acceptors (Lipinski definition) is 10. The van der Waals surface area contributed by atoms with Crippen molar-refractivity contribution in [3.8, 4) is 5.75 Å². The van der Waals surface area contributed by atoms with Crippen molar-refractivity contribution in [3.63, 3.8) is 0 Å². The fourth-order valence-corrected chi connectivity index (χ4v) is 4.05. The molecule has 0 radical (unpaired) electrons. The van der Waals surface area contributed by atoms with Gasteiger partial charge < -0.3 is 25.2 Å². The first-order chi connectivity index (χ1) is 16.5. The normalized spacial score (nSPS) is 13.4. The van der Waals surface area contributed by atoms with Gasteiger partial charge in [-0.2, -0.15) is 0 Å². The van der Waals surface area contributed by atoms with Crippen LogP contribution in [0.25, 0.3) is 10.8 Å². The molecule has 2 N–H and O–H groups in total. The second kappa shape index (κ2) is 12.8. The van der Waals surface area contributed by atoms with Gasteiger partial charge in [0.15, 0.2) is 5.12 Å². The first-order valence-corrected chi connectivity index (χ1v) is 12.0. The first kappa shape index (κ1) is 28.5. The third-order valence-electron chi connectivity index (χ3n) is 5.34. The molecule has 2 rings (SSSR count). The van der Waals surface area contributed by atoms with Crippen LogP contribution in [0.5, 0.6) is 5.75 Å². The van der Waals surface area contributed by atoms with Crippen LogP contribution in [-0.4, -0.2) is 59.7 Å². The molecular weight excluding hydrogens is 476 g/mol. The van der Waals surface area contributed by atoms with Crippen LogP contribution in [0.4, 0.5) is 0 Å². The van der Waals surface area contributed by atoms with E-state index in [4.69, 9.17) is 14.7 Å². The van der Waals surface area contributed by atoms with E-state index in [1.807, 2.05) is 36.4 Å². The van der Waals surface area contributed by atoms with Crippen molar-refractivity contribution in [2.45, 2.75) is 39.7 Å². The Morgan fingerprint density at radius 1 is 1.17 bits per heavy atom. The lowest BCUT2D eigenvalue weighted by Gasteiger charge is -2.29. The molecule has 0 spiro atoms. The van der Waals surface area contributed by atoms with Crippen molar-refractivity contribution in [3.05, 3.63) is 47.2 Å². The number of ether oxygens (including phenoxy) is 2. The molecule has 0 saturated heterocycles. The molecule has 0 fully saturated rings. The Morgan fingerprint density at radius 2 is 1.83 bits per heavy atom. The average Bonchev–Trinajstić information content (AvgIpc) is 2.83. The van der Waals surface area contributed by atoms with E-state index in [1.54, 1.807) is 21.0 Å². The number of benzene rings is 2. The van der Waals surface area contributed by atoms with E-state index in [0.717, 1.165) is 33.8 Å². The number of fused-ring (bicyclic) bond motifs is 1. The van der Waals surface area contributed by atoms with Crippen molar-refractivity contribution in [1.29, 1.82) is 0 Å². The molecule has 0 bridgehead atoms. The van der Waals surface area contributed by atoms with E-state index < -0.39 is 41.2 Å². The van der Waals surface area contributed by atoms with E-state index in [9.17, 15) is 19.6 Å². The molecule has 2 atom stereocenters. The van der Waals surface area contributed by atoms with Crippen LogP contribution in [-0.2, 0) is 24.0 Å². The standard InChI is InChI=1S/C24H31N2O8S/c1-6-33-21(27)20(25-23(29)24(3,4)14-34-26(30)31)13-35-22(28)15(2)16-7-8-18-12-19(32-5)10-9-17(18)11-16/h7-12,15,20,30H,6,13-14H2,1-5H3,(H,25,29)/q-1. The Bertz CT molecular complexity index is 1040. The monoisotopic (exact) mass is 507 g/mol. The minimum absolute atomic E-state index is 0.0385. The zero-order valence-corrected chi connectivity index (χ0v) is 21.2. The summed E-state index contributed by atoms with van der Waals surface area (Å²) in [6.07, 6.45) is 0. The first-order valence-electron chi connectivity index (χ1n) is 11.0. The molecule has 11 heteroatoms. The highest BCUT2D eigenvalue weighted by molar-refractivity contribution is 8.13. The molecule has 2 aromatic rings. The number of methoxy groups -OCH3 is 1. The SMILES string of the molecule is CCOC(=O)C(CSC(=O)C(C)c1ccc2cc(OC)ccc2c1)NC(=O)C(C)(C)CON([O-])O. The molecule has 0 aromatic heterocycles. The van der Waals surface area contributed by atoms with Gasteiger partial charge in [-0.25, -0.2) is 4.79 Å². The lowest BCUT2D eigenvalue weighted by Crippen LogP contribution is -2.50. The van der Waals surface area contributed by atoms with Crippen LogP contribution in [0.2, 0.25) is 0 Å². The molecule has 0 aliphatic carbocycles. The minimum atomic E-state index is -1.24. The third-order valence-corrected chi connectivity index (χ3v) is 6.48. The molecule has 0 heterocycles. The smallest absolute Gasteiger partial charge is 0.329 e. The van der Waals surface area contributed by atoms with Gasteiger partial charge in [0.1, 0.15) is 11.8 Å². The van der Waals surface area contributed by atoms with Gasteiger partial charge in [0.05, 0.1) is 31.7 Å². The summed E-state index contributed by atoms with van der Waals surface area (Å²) < 4.78 is 10.3. The van der Waals surface area contributed by atoms with E-state index in [2.05, 4.69) is 10.2 Å². The third kappa shape index (κ3) is 8.18. The van der Waals surface area contributed by atoms with Crippen molar-refractivity contribution in [2.75, 3.05) is 26.1 Å². The van der Waals surface area contributed by atoms with Gasteiger partial charge in [-0.3, -0.25) is 14.4 Å². The van der Waals surface area contributed by atoms with Crippen LogP contribution in [0.1, 0.15) is 39.2 Å². The molecule has 192 valence electrons. The fourth-order valence-electron chi connectivity index (χ4n) is 3.11. The van der Waals surface area contributed by atoms with Crippen LogP contribution < -0.4 is 10.1 Å². The Balaban J connectivity index is 2.08.